The van der Waals surface area contributed by atoms with Gasteiger partial charge in [-0.25, -0.2) is 4.98 Å². The molecule has 0 bridgehead atoms. The molecular formula is C18H16ClN3O2S. The molecule has 0 spiro atoms. The van der Waals surface area contributed by atoms with Crippen molar-refractivity contribution in [3.63, 3.8) is 0 Å². The first-order valence-corrected chi connectivity index (χ1v) is 8.89. The molecule has 7 heteroatoms. The van der Waals surface area contributed by atoms with Gasteiger partial charge in [-0.15, -0.1) is 11.3 Å². The topological polar surface area (TPSA) is 64.1 Å². The summed E-state index contributed by atoms with van der Waals surface area (Å²) in [5, 5.41) is 6.27. The Bertz CT molecular complexity index is 868. The number of carbonyl (C=O) groups excluding carboxylic acids is 1. The number of carbonyl (C=O) groups is 1. The van der Waals surface area contributed by atoms with Gasteiger partial charge >= 0.3 is 0 Å². The molecule has 0 fully saturated rings. The highest BCUT2D eigenvalue weighted by Gasteiger charge is 2.10. The van der Waals surface area contributed by atoms with Gasteiger partial charge in [0.05, 0.1) is 18.5 Å². The van der Waals surface area contributed by atoms with E-state index in [0.717, 1.165) is 16.3 Å². The maximum absolute atomic E-state index is 12.2. The molecule has 0 atom stereocenters. The average Bonchev–Trinajstić information content (AvgIpc) is 3.10. The molecule has 0 aliphatic heterocycles. The normalized spacial score (nSPS) is 10.5. The van der Waals surface area contributed by atoms with Crippen LogP contribution in [0.4, 0.5) is 5.69 Å². The fraction of sp³-hybridized carbons (Fsp3) is 0.167. The number of anilines is 1. The summed E-state index contributed by atoms with van der Waals surface area (Å²) in [6.45, 7) is 0. The van der Waals surface area contributed by atoms with Crippen LogP contribution < -0.4 is 10.1 Å². The fourth-order valence-corrected chi connectivity index (χ4v) is 3.31. The maximum atomic E-state index is 12.2. The van der Waals surface area contributed by atoms with Gasteiger partial charge in [0.15, 0.2) is 0 Å². The molecule has 2 heterocycles. The van der Waals surface area contributed by atoms with Gasteiger partial charge in [0.25, 0.3) is 0 Å². The Morgan fingerprint density at radius 1 is 1.28 bits per heavy atom. The molecule has 1 N–H and O–H groups in total. The zero-order valence-corrected chi connectivity index (χ0v) is 15.1. The van der Waals surface area contributed by atoms with Crippen LogP contribution in [0.1, 0.15) is 12.1 Å². The Balaban J connectivity index is 1.60. The molecule has 0 saturated carbocycles. The number of thiazole rings is 1. The number of amides is 1. The standard InChI is InChI=1S/C18H16ClN3O2S/c1-24-16-4-2-13(19)10-15(16)22-17(23)5-3-14-11-25-18(21-14)12-6-8-20-9-7-12/h2,4,6-11H,3,5H2,1H3,(H,22,23). The molecule has 0 radical (unpaired) electrons. The Hall–Kier alpha value is -2.44. The molecular weight excluding hydrogens is 358 g/mol. The van der Waals surface area contributed by atoms with Crippen LogP contribution in [0, 0.1) is 0 Å². The van der Waals surface area contributed by atoms with Crippen molar-refractivity contribution < 1.29 is 9.53 Å². The van der Waals surface area contributed by atoms with Gasteiger partial charge in [-0.05, 0) is 36.8 Å². The van der Waals surface area contributed by atoms with Crippen LogP contribution in [0.2, 0.25) is 5.02 Å². The number of nitrogens with zero attached hydrogens (tertiary/aromatic N) is 2. The van der Waals surface area contributed by atoms with Crippen LogP contribution in [0.3, 0.4) is 0 Å². The van der Waals surface area contributed by atoms with Crippen LogP contribution in [0.15, 0.2) is 48.1 Å². The van der Waals surface area contributed by atoms with Crippen molar-refractivity contribution in [2.75, 3.05) is 12.4 Å². The Morgan fingerprint density at radius 3 is 2.84 bits per heavy atom. The van der Waals surface area contributed by atoms with E-state index in [9.17, 15) is 4.79 Å². The van der Waals surface area contributed by atoms with Gasteiger partial charge < -0.3 is 10.1 Å². The summed E-state index contributed by atoms with van der Waals surface area (Å²) in [6, 6.07) is 8.94. The molecule has 2 aromatic heterocycles. The van der Waals surface area contributed by atoms with E-state index in [-0.39, 0.29) is 5.91 Å². The van der Waals surface area contributed by atoms with Crippen molar-refractivity contribution in [2.45, 2.75) is 12.8 Å². The number of halogens is 1. The van der Waals surface area contributed by atoms with Crippen molar-refractivity contribution in [1.82, 2.24) is 9.97 Å². The summed E-state index contributed by atoms with van der Waals surface area (Å²) < 4.78 is 5.23. The molecule has 3 aromatic rings. The maximum Gasteiger partial charge on any atom is 0.224 e. The lowest BCUT2D eigenvalue weighted by Crippen LogP contribution is -2.13. The molecule has 0 aliphatic carbocycles. The first-order chi connectivity index (χ1) is 12.2. The van der Waals surface area contributed by atoms with Gasteiger partial charge in [0.2, 0.25) is 5.91 Å². The summed E-state index contributed by atoms with van der Waals surface area (Å²) in [4.78, 5) is 20.8. The van der Waals surface area contributed by atoms with E-state index in [1.807, 2.05) is 17.5 Å². The van der Waals surface area contributed by atoms with Gasteiger partial charge in [0.1, 0.15) is 10.8 Å². The number of rotatable bonds is 6. The molecule has 0 unspecified atom stereocenters. The number of nitrogens with one attached hydrogen (secondary N) is 1. The highest BCUT2D eigenvalue weighted by atomic mass is 35.5. The van der Waals surface area contributed by atoms with Crippen LogP contribution >= 0.6 is 22.9 Å². The Kier molecular flexibility index (Phi) is 5.63. The minimum atomic E-state index is -0.112. The lowest BCUT2D eigenvalue weighted by molar-refractivity contribution is -0.116. The number of methoxy groups -OCH3 is 1. The zero-order valence-electron chi connectivity index (χ0n) is 13.5. The molecule has 3 rings (SSSR count). The second kappa shape index (κ2) is 8.09. The van der Waals surface area contributed by atoms with Gasteiger partial charge in [-0.1, -0.05) is 11.6 Å². The average molecular weight is 374 g/mol. The zero-order chi connectivity index (χ0) is 17.6. The van der Waals surface area contributed by atoms with Crippen LogP contribution in [0.25, 0.3) is 10.6 Å². The summed E-state index contributed by atoms with van der Waals surface area (Å²) >= 11 is 7.53. The minimum Gasteiger partial charge on any atom is -0.495 e. The van der Waals surface area contributed by atoms with Crippen molar-refractivity contribution in [3.8, 4) is 16.3 Å². The van der Waals surface area contributed by atoms with E-state index in [2.05, 4.69) is 15.3 Å². The summed E-state index contributed by atoms with van der Waals surface area (Å²) in [5.41, 5.74) is 2.49. The molecule has 25 heavy (non-hydrogen) atoms. The van der Waals surface area contributed by atoms with Gasteiger partial charge in [-0.2, -0.15) is 0 Å². The minimum absolute atomic E-state index is 0.112. The monoisotopic (exact) mass is 373 g/mol. The molecule has 5 nitrogen and oxygen atoms in total. The SMILES string of the molecule is COc1ccc(Cl)cc1NC(=O)CCc1csc(-c2ccncc2)n1. The predicted octanol–water partition coefficient (Wildman–Crippen LogP) is 4.44. The summed E-state index contributed by atoms with van der Waals surface area (Å²) in [5.74, 6) is 0.463. The molecule has 1 aromatic carbocycles. The Labute approximate surface area is 154 Å². The molecule has 0 aliphatic rings. The summed E-state index contributed by atoms with van der Waals surface area (Å²) in [7, 11) is 1.55. The van der Waals surface area contributed by atoms with Crippen molar-refractivity contribution >= 4 is 34.5 Å². The van der Waals surface area contributed by atoms with Crippen LogP contribution in [-0.4, -0.2) is 23.0 Å². The third-order valence-electron chi connectivity index (χ3n) is 3.52. The number of hydrogen-bond acceptors (Lipinski definition) is 5. The highest BCUT2D eigenvalue weighted by Crippen LogP contribution is 2.28. The van der Waals surface area contributed by atoms with Gasteiger partial charge in [-0.3, -0.25) is 9.78 Å². The number of aromatic nitrogens is 2. The predicted molar refractivity (Wildman–Crippen MR) is 100 cm³/mol. The number of ether oxygens (including phenoxy) is 1. The largest absolute Gasteiger partial charge is 0.495 e. The number of pyridine rings is 1. The van der Waals surface area contributed by atoms with E-state index in [4.69, 9.17) is 16.3 Å². The van der Waals surface area contributed by atoms with E-state index in [1.165, 1.54) is 0 Å². The summed E-state index contributed by atoms with van der Waals surface area (Å²) in [6.07, 6.45) is 4.37. The van der Waals surface area contributed by atoms with Gasteiger partial charge in [0, 0.05) is 34.8 Å². The van der Waals surface area contributed by atoms with E-state index in [1.54, 1.807) is 49.0 Å². The number of hydrogen-bond donors (Lipinski definition) is 1. The second-order valence-electron chi connectivity index (χ2n) is 5.27. The first kappa shape index (κ1) is 17.4. The first-order valence-electron chi connectivity index (χ1n) is 7.64. The molecule has 1 amide bonds. The van der Waals surface area contributed by atoms with E-state index >= 15 is 0 Å². The third kappa shape index (κ3) is 4.55. The van der Waals surface area contributed by atoms with E-state index < -0.39 is 0 Å². The molecule has 128 valence electrons. The number of aryl methyl sites for hydroxylation is 1. The second-order valence-corrected chi connectivity index (χ2v) is 6.57. The quantitative estimate of drug-likeness (QED) is 0.693. The Morgan fingerprint density at radius 2 is 2.08 bits per heavy atom. The lowest BCUT2D eigenvalue weighted by Gasteiger charge is -2.10. The lowest BCUT2D eigenvalue weighted by atomic mass is 10.2. The van der Waals surface area contributed by atoms with Crippen molar-refractivity contribution in [3.05, 3.63) is 58.8 Å². The number of benzene rings is 1. The van der Waals surface area contributed by atoms with Crippen molar-refractivity contribution in [2.24, 2.45) is 0 Å². The molecule has 0 saturated heterocycles. The highest BCUT2D eigenvalue weighted by molar-refractivity contribution is 7.13. The van der Waals surface area contributed by atoms with Crippen LogP contribution in [0.5, 0.6) is 5.75 Å². The fourth-order valence-electron chi connectivity index (χ4n) is 2.28. The smallest absolute Gasteiger partial charge is 0.224 e. The third-order valence-corrected chi connectivity index (χ3v) is 4.70. The van der Waals surface area contributed by atoms with Crippen molar-refractivity contribution in [1.29, 1.82) is 0 Å². The van der Waals surface area contributed by atoms with Crippen LogP contribution in [-0.2, 0) is 11.2 Å². The van der Waals surface area contributed by atoms with E-state index in [0.29, 0.717) is 29.3 Å².